The van der Waals surface area contributed by atoms with Crippen LogP contribution < -0.4 is 4.72 Å². The number of nitrogens with one attached hydrogen (secondary N) is 1. The lowest BCUT2D eigenvalue weighted by molar-refractivity contribution is 0.0979. The first-order valence-electron chi connectivity index (χ1n) is 8.19. The van der Waals surface area contributed by atoms with E-state index in [0.717, 1.165) is 4.31 Å². The molecular formula is C19H17BrN2O5S. The molecule has 0 aliphatic rings. The summed E-state index contributed by atoms with van der Waals surface area (Å²) in [6.07, 6.45) is 1.92. The molecule has 1 atom stereocenters. The van der Waals surface area contributed by atoms with E-state index in [0.29, 0.717) is 28.4 Å². The smallest absolute Gasteiger partial charge is 0.305 e. The second-order valence-corrected chi connectivity index (χ2v) is 9.49. The van der Waals surface area contributed by atoms with Crippen LogP contribution in [0.25, 0.3) is 11.0 Å². The Balaban J connectivity index is 1.86. The van der Waals surface area contributed by atoms with E-state index in [-0.39, 0.29) is 5.56 Å². The minimum atomic E-state index is -4.20. The number of halogens is 1. The van der Waals surface area contributed by atoms with E-state index in [9.17, 15) is 18.0 Å². The van der Waals surface area contributed by atoms with Crippen molar-refractivity contribution < 1.29 is 22.4 Å². The average Bonchev–Trinajstić information content (AvgIpc) is 3.11. The number of fused-ring (bicyclic) bond motifs is 1. The zero-order chi connectivity index (χ0) is 20.5. The van der Waals surface area contributed by atoms with Crippen LogP contribution in [0.5, 0.6) is 0 Å². The van der Waals surface area contributed by atoms with Gasteiger partial charge in [-0.25, -0.2) is 4.72 Å². The lowest BCUT2D eigenvalue weighted by Gasteiger charge is -2.33. The number of benzene rings is 2. The first-order chi connectivity index (χ1) is 13.2. The highest BCUT2D eigenvalue weighted by Crippen LogP contribution is 2.35. The number of alkyl halides is 1. The summed E-state index contributed by atoms with van der Waals surface area (Å²) in [5, 5.41) is 0.518. The fourth-order valence-electron chi connectivity index (χ4n) is 2.67. The number of aldehydes is 1. The Hall–Kier alpha value is -2.49. The van der Waals surface area contributed by atoms with E-state index in [1.165, 1.54) is 13.3 Å². The Morgan fingerprint density at radius 1 is 1.18 bits per heavy atom. The summed E-state index contributed by atoms with van der Waals surface area (Å²) in [4.78, 5) is 23.4. The first-order valence-corrected chi connectivity index (χ1v) is 10.4. The van der Waals surface area contributed by atoms with E-state index >= 15 is 0 Å². The number of rotatable bonds is 6. The van der Waals surface area contributed by atoms with Crippen molar-refractivity contribution in [1.29, 1.82) is 0 Å². The van der Waals surface area contributed by atoms with Gasteiger partial charge >= 0.3 is 10.2 Å². The van der Waals surface area contributed by atoms with Crippen LogP contribution in [0.4, 0.5) is 0 Å². The number of furan rings is 1. The van der Waals surface area contributed by atoms with E-state index in [2.05, 4.69) is 20.7 Å². The van der Waals surface area contributed by atoms with Gasteiger partial charge in [-0.05, 0) is 18.6 Å². The molecule has 146 valence electrons. The number of carbonyl (C=O) groups excluding carboxylic acids is 2. The summed E-state index contributed by atoms with van der Waals surface area (Å²) < 4.78 is 32.8. The summed E-state index contributed by atoms with van der Waals surface area (Å²) >= 11 is 3.40. The molecule has 0 bridgehead atoms. The van der Waals surface area contributed by atoms with E-state index in [4.69, 9.17) is 4.42 Å². The van der Waals surface area contributed by atoms with Gasteiger partial charge in [-0.15, -0.1) is 0 Å². The summed E-state index contributed by atoms with van der Waals surface area (Å²) in [6.45, 7) is 1.62. The normalized spacial score (nSPS) is 14.0. The molecule has 0 spiro atoms. The minimum absolute atomic E-state index is 0.124. The summed E-state index contributed by atoms with van der Waals surface area (Å²) in [7, 11) is -2.86. The van der Waals surface area contributed by atoms with Crippen LogP contribution in [0.1, 0.15) is 33.2 Å². The fourth-order valence-corrected chi connectivity index (χ4v) is 4.54. The van der Waals surface area contributed by atoms with Crippen molar-refractivity contribution in [2.75, 3.05) is 7.05 Å². The standard InChI is InChI=1S/C19H17BrN2O5S/c1-19(20,14-9-7-13(11-23)8-10-14)22(2)28(25,26)21-18(24)16-12-27-17-6-4-3-5-15(16)17/h3-12H,1-2H3,(H,21,24). The molecule has 0 fully saturated rings. The Morgan fingerprint density at radius 2 is 1.82 bits per heavy atom. The highest BCUT2D eigenvalue weighted by atomic mass is 79.9. The maximum atomic E-state index is 12.8. The van der Waals surface area contributed by atoms with Crippen LogP contribution in [0.3, 0.4) is 0 Å². The van der Waals surface area contributed by atoms with Gasteiger partial charge in [-0.3, -0.25) is 9.59 Å². The van der Waals surface area contributed by atoms with Crippen molar-refractivity contribution in [2.45, 2.75) is 11.4 Å². The molecule has 0 saturated carbocycles. The fraction of sp³-hybridized carbons (Fsp3) is 0.158. The highest BCUT2D eigenvalue weighted by molar-refractivity contribution is 9.09. The van der Waals surface area contributed by atoms with Crippen LogP contribution in [-0.4, -0.2) is 32.0 Å². The Labute approximate surface area is 170 Å². The lowest BCUT2D eigenvalue weighted by Crippen LogP contribution is -2.48. The molecule has 9 heteroatoms. The number of para-hydroxylation sites is 1. The predicted octanol–water partition coefficient (Wildman–Crippen LogP) is 3.42. The maximum Gasteiger partial charge on any atom is 0.305 e. The van der Waals surface area contributed by atoms with Crippen molar-refractivity contribution >= 4 is 49.3 Å². The summed E-state index contributed by atoms with van der Waals surface area (Å²) in [5.41, 5.74) is 1.67. The zero-order valence-electron chi connectivity index (χ0n) is 15.0. The van der Waals surface area contributed by atoms with Crippen molar-refractivity contribution in [2.24, 2.45) is 0 Å². The molecule has 7 nitrogen and oxygen atoms in total. The molecule has 1 N–H and O–H groups in total. The molecule has 0 aliphatic heterocycles. The van der Waals surface area contributed by atoms with Crippen molar-refractivity contribution in [3.8, 4) is 0 Å². The molecule has 0 aliphatic carbocycles. The van der Waals surface area contributed by atoms with Gasteiger partial charge in [0.15, 0.2) is 0 Å². The van der Waals surface area contributed by atoms with E-state index in [1.807, 2.05) is 0 Å². The molecule has 1 unspecified atom stereocenters. The van der Waals surface area contributed by atoms with Crippen molar-refractivity contribution in [3.63, 3.8) is 0 Å². The molecule has 1 heterocycles. The predicted molar refractivity (Wildman–Crippen MR) is 108 cm³/mol. The van der Waals surface area contributed by atoms with Gasteiger partial charge in [0.05, 0.1) is 5.56 Å². The Morgan fingerprint density at radius 3 is 2.46 bits per heavy atom. The van der Waals surface area contributed by atoms with Crippen LogP contribution >= 0.6 is 15.9 Å². The monoisotopic (exact) mass is 464 g/mol. The molecule has 0 saturated heterocycles. The SMILES string of the molecule is CN(C(C)(Br)c1ccc(C=O)cc1)S(=O)(=O)NC(=O)c1coc2ccccc12. The van der Waals surface area contributed by atoms with Crippen LogP contribution in [-0.2, 0) is 14.7 Å². The summed E-state index contributed by atoms with van der Waals surface area (Å²) in [6, 6.07) is 13.3. The maximum absolute atomic E-state index is 12.8. The van der Waals surface area contributed by atoms with Crippen LogP contribution in [0.2, 0.25) is 0 Å². The molecular weight excluding hydrogens is 448 g/mol. The molecule has 3 rings (SSSR count). The zero-order valence-corrected chi connectivity index (χ0v) is 17.5. The quantitative estimate of drug-likeness (QED) is 0.342. The summed E-state index contributed by atoms with van der Waals surface area (Å²) in [5.74, 6) is -0.795. The van der Waals surface area contributed by atoms with E-state index < -0.39 is 20.6 Å². The molecule has 28 heavy (non-hydrogen) atoms. The molecule has 2 aromatic carbocycles. The lowest BCUT2D eigenvalue weighted by atomic mass is 10.1. The van der Waals surface area contributed by atoms with Gasteiger partial charge in [0, 0.05) is 18.0 Å². The third kappa shape index (κ3) is 3.73. The van der Waals surface area contributed by atoms with Gasteiger partial charge in [0.25, 0.3) is 5.91 Å². The first kappa shape index (κ1) is 20.2. The second-order valence-electron chi connectivity index (χ2n) is 6.24. The van der Waals surface area contributed by atoms with Crippen LogP contribution in [0.15, 0.2) is 59.2 Å². The average molecular weight is 465 g/mol. The number of amides is 1. The number of hydrogen-bond acceptors (Lipinski definition) is 5. The Kier molecular flexibility index (Phi) is 5.42. The van der Waals surface area contributed by atoms with Crippen molar-refractivity contribution in [1.82, 2.24) is 9.03 Å². The minimum Gasteiger partial charge on any atom is -0.463 e. The van der Waals surface area contributed by atoms with Gasteiger partial charge < -0.3 is 4.42 Å². The largest absolute Gasteiger partial charge is 0.463 e. The molecule has 0 radical (unpaired) electrons. The van der Waals surface area contributed by atoms with Gasteiger partial charge in [0.2, 0.25) is 0 Å². The third-order valence-corrected chi connectivity index (χ3v) is 7.23. The van der Waals surface area contributed by atoms with E-state index in [1.54, 1.807) is 55.5 Å². The molecule has 3 aromatic rings. The number of carbonyl (C=O) groups is 2. The van der Waals surface area contributed by atoms with Gasteiger partial charge in [0.1, 0.15) is 22.6 Å². The van der Waals surface area contributed by atoms with Crippen LogP contribution in [0, 0.1) is 0 Å². The van der Waals surface area contributed by atoms with Gasteiger partial charge in [-0.1, -0.05) is 58.4 Å². The molecule has 1 aromatic heterocycles. The second kappa shape index (κ2) is 7.50. The van der Waals surface area contributed by atoms with Crippen molar-refractivity contribution in [3.05, 3.63) is 71.5 Å². The molecule has 1 amide bonds. The number of nitrogens with zero attached hydrogens (tertiary/aromatic N) is 1. The highest BCUT2D eigenvalue weighted by Gasteiger charge is 2.37. The number of hydrogen-bond donors (Lipinski definition) is 1. The van der Waals surface area contributed by atoms with Gasteiger partial charge in [-0.2, -0.15) is 12.7 Å². The topological polar surface area (TPSA) is 96.7 Å². The Bertz CT molecular complexity index is 1140. The third-order valence-electron chi connectivity index (χ3n) is 4.47.